The number of esters is 1. The van der Waals surface area contributed by atoms with E-state index in [1.54, 1.807) is 0 Å². The third-order valence-electron chi connectivity index (χ3n) is 4.23. The zero-order valence-corrected chi connectivity index (χ0v) is 12.9. The first-order valence-electron chi connectivity index (χ1n) is 7.07. The Morgan fingerprint density at radius 2 is 2.16 bits per heavy atom. The predicted molar refractivity (Wildman–Crippen MR) is 79.9 cm³/mol. The molecule has 0 amide bonds. The molecule has 0 spiro atoms. The third kappa shape index (κ3) is 4.09. The molecule has 1 rings (SSSR count). The van der Waals surface area contributed by atoms with Crippen LogP contribution in [0.5, 0.6) is 0 Å². The molecule has 0 aromatic rings. The lowest BCUT2D eigenvalue weighted by atomic mass is 9.69. The van der Waals surface area contributed by atoms with Crippen LogP contribution in [-0.2, 0) is 9.53 Å². The van der Waals surface area contributed by atoms with E-state index in [9.17, 15) is 4.79 Å². The Kier molecular flexibility index (Phi) is 5.59. The second kappa shape index (κ2) is 6.74. The van der Waals surface area contributed by atoms with Crippen LogP contribution in [0.2, 0.25) is 0 Å². The van der Waals surface area contributed by atoms with Crippen LogP contribution in [0.4, 0.5) is 0 Å². The normalized spacial score (nSPS) is 25.0. The van der Waals surface area contributed by atoms with Gasteiger partial charge >= 0.3 is 5.97 Å². The van der Waals surface area contributed by atoms with E-state index in [0.29, 0.717) is 0 Å². The predicted octanol–water partition coefficient (Wildman–Crippen LogP) is 4.58. The fraction of sp³-hybridized carbons (Fsp3) is 0.588. The van der Waals surface area contributed by atoms with E-state index < -0.39 is 0 Å². The SMILES string of the molecule is CC[C@@]1(C)CCCC(C)=C1/C=C/C(C)=C/C(=O)OC. The smallest absolute Gasteiger partial charge is 0.330 e. The van der Waals surface area contributed by atoms with Crippen molar-refractivity contribution in [3.05, 3.63) is 34.9 Å². The number of ether oxygens (including phenoxy) is 1. The Morgan fingerprint density at radius 1 is 1.47 bits per heavy atom. The van der Waals surface area contributed by atoms with E-state index in [1.165, 1.54) is 43.6 Å². The van der Waals surface area contributed by atoms with E-state index in [0.717, 1.165) is 12.0 Å². The summed E-state index contributed by atoms with van der Waals surface area (Å²) < 4.78 is 4.63. The highest BCUT2D eigenvalue weighted by molar-refractivity contribution is 5.83. The molecular weight excluding hydrogens is 236 g/mol. The van der Waals surface area contributed by atoms with Crippen LogP contribution in [0.25, 0.3) is 0 Å². The van der Waals surface area contributed by atoms with Crippen molar-refractivity contribution in [1.82, 2.24) is 0 Å². The third-order valence-corrected chi connectivity index (χ3v) is 4.23. The first kappa shape index (κ1) is 15.7. The van der Waals surface area contributed by atoms with Gasteiger partial charge in [0.2, 0.25) is 0 Å². The number of allylic oxidation sites excluding steroid dienone is 5. The molecule has 0 radical (unpaired) electrons. The van der Waals surface area contributed by atoms with Crippen molar-refractivity contribution in [3.8, 4) is 0 Å². The van der Waals surface area contributed by atoms with Gasteiger partial charge in [-0.05, 0) is 56.1 Å². The quantitative estimate of drug-likeness (QED) is 0.421. The summed E-state index contributed by atoms with van der Waals surface area (Å²) in [6.45, 7) is 8.75. The van der Waals surface area contributed by atoms with Crippen molar-refractivity contribution in [3.63, 3.8) is 0 Å². The van der Waals surface area contributed by atoms with Crippen molar-refractivity contribution in [2.75, 3.05) is 7.11 Å². The zero-order valence-electron chi connectivity index (χ0n) is 12.9. The summed E-state index contributed by atoms with van der Waals surface area (Å²) in [5, 5.41) is 0. The fourth-order valence-corrected chi connectivity index (χ4v) is 2.75. The van der Waals surface area contributed by atoms with Crippen molar-refractivity contribution < 1.29 is 9.53 Å². The van der Waals surface area contributed by atoms with Gasteiger partial charge in [-0.15, -0.1) is 0 Å². The van der Waals surface area contributed by atoms with E-state index in [4.69, 9.17) is 0 Å². The lowest BCUT2D eigenvalue weighted by Gasteiger charge is -2.35. The van der Waals surface area contributed by atoms with Crippen LogP contribution < -0.4 is 0 Å². The van der Waals surface area contributed by atoms with Gasteiger partial charge in [0.15, 0.2) is 0 Å². The molecule has 0 fully saturated rings. The van der Waals surface area contributed by atoms with E-state index in [2.05, 4.69) is 31.6 Å². The van der Waals surface area contributed by atoms with Crippen LogP contribution in [0.15, 0.2) is 34.9 Å². The van der Waals surface area contributed by atoms with E-state index in [1.807, 2.05) is 13.0 Å². The standard InChI is InChI=1S/C17H26O2/c1-6-17(4)11-7-8-14(3)15(17)10-9-13(2)12-16(18)19-5/h9-10,12H,6-8,11H2,1-5H3/b10-9+,13-12+/t17-/m0/s1. The average molecular weight is 262 g/mol. The summed E-state index contributed by atoms with van der Waals surface area (Å²) >= 11 is 0. The van der Waals surface area contributed by atoms with Gasteiger partial charge < -0.3 is 4.74 Å². The summed E-state index contributed by atoms with van der Waals surface area (Å²) in [5.74, 6) is -0.297. The molecule has 1 aliphatic rings. The van der Waals surface area contributed by atoms with Gasteiger partial charge in [-0.3, -0.25) is 0 Å². The summed E-state index contributed by atoms with van der Waals surface area (Å²) in [6.07, 6.45) is 10.6. The van der Waals surface area contributed by atoms with Crippen LogP contribution in [0.1, 0.15) is 53.4 Å². The van der Waals surface area contributed by atoms with Crippen molar-refractivity contribution >= 4 is 5.97 Å². The summed E-state index contributed by atoms with van der Waals surface area (Å²) in [5.41, 5.74) is 4.14. The molecule has 0 aromatic carbocycles. The number of methoxy groups -OCH3 is 1. The van der Waals surface area contributed by atoms with Crippen molar-refractivity contribution in [1.29, 1.82) is 0 Å². The number of rotatable bonds is 4. The molecule has 0 unspecified atom stereocenters. The zero-order chi connectivity index (χ0) is 14.5. The highest BCUT2D eigenvalue weighted by Gasteiger charge is 2.29. The van der Waals surface area contributed by atoms with Crippen LogP contribution in [0, 0.1) is 5.41 Å². The Labute approximate surface area is 117 Å². The minimum atomic E-state index is -0.297. The molecule has 1 aliphatic carbocycles. The lowest BCUT2D eigenvalue weighted by Crippen LogP contribution is -2.22. The molecule has 19 heavy (non-hydrogen) atoms. The largest absolute Gasteiger partial charge is 0.466 e. The van der Waals surface area contributed by atoms with Gasteiger partial charge in [0.1, 0.15) is 0 Å². The summed E-state index contributed by atoms with van der Waals surface area (Å²) in [6, 6.07) is 0. The maximum atomic E-state index is 11.2. The molecule has 0 heterocycles. The van der Waals surface area contributed by atoms with Crippen molar-refractivity contribution in [2.45, 2.75) is 53.4 Å². The summed E-state index contributed by atoms with van der Waals surface area (Å²) in [7, 11) is 1.40. The van der Waals surface area contributed by atoms with Crippen LogP contribution in [-0.4, -0.2) is 13.1 Å². The fourth-order valence-electron chi connectivity index (χ4n) is 2.75. The molecule has 2 heteroatoms. The number of carbonyl (C=O) groups excluding carboxylic acids is 1. The van der Waals surface area contributed by atoms with Gasteiger partial charge in [-0.2, -0.15) is 0 Å². The first-order chi connectivity index (χ1) is 8.92. The highest BCUT2D eigenvalue weighted by atomic mass is 16.5. The summed E-state index contributed by atoms with van der Waals surface area (Å²) in [4.78, 5) is 11.2. The molecule has 106 valence electrons. The Balaban J connectivity index is 2.95. The van der Waals surface area contributed by atoms with E-state index >= 15 is 0 Å². The molecule has 0 aliphatic heterocycles. The van der Waals surface area contributed by atoms with Crippen LogP contribution >= 0.6 is 0 Å². The molecule has 0 N–H and O–H groups in total. The lowest BCUT2D eigenvalue weighted by molar-refractivity contribution is -0.134. The number of hydrogen-bond donors (Lipinski definition) is 0. The maximum absolute atomic E-state index is 11.2. The van der Waals surface area contributed by atoms with Gasteiger partial charge in [-0.25, -0.2) is 4.79 Å². The topological polar surface area (TPSA) is 26.3 Å². The number of hydrogen-bond acceptors (Lipinski definition) is 2. The Bertz CT molecular complexity index is 427. The minimum Gasteiger partial charge on any atom is -0.466 e. The molecule has 0 saturated carbocycles. The molecule has 0 aromatic heterocycles. The Hall–Kier alpha value is -1.31. The van der Waals surface area contributed by atoms with Gasteiger partial charge in [0, 0.05) is 6.08 Å². The van der Waals surface area contributed by atoms with Crippen LogP contribution in [0.3, 0.4) is 0 Å². The molecule has 1 atom stereocenters. The first-order valence-corrected chi connectivity index (χ1v) is 7.07. The monoisotopic (exact) mass is 262 g/mol. The number of carbonyl (C=O) groups is 1. The molecule has 0 saturated heterocycles. The highest BCUT2D eigenvalue weighted by Crippen LogP contribution is 2.43. The van der Waals surface area contributed by atoms with Gasteiger partial charge in [0.25, 0.3) is 0 Å². The maximum Gasteiger partial charge on any atom is 0.330 e. The molecule has 0 bridgehead atoms. The van der Waals surface area contributed by atoms with Gasteiger partial charge in [0.05, 0.1) is 7.11 Å². The van der Waals surface area contributed by atoms with Crippen molar-refractivity contribution in [2.24, 2.45) is 5.41 Å². The van der Waals surface area contributed by atoms with Gasteiger partial charge in [-0.1, -0.05) is 31.6 Å². The second-order valence-corrected chi connectivity index (χ2v) is 5.71. The molecule has 2 nitrogen and oxygen atoms in total. The molecular formula is C17H26O2. The average Bonchev–Trinajstić information content (AvgIpc) is 2.38. The van der Waals surface area contributed by atoms with E-state index in [-0.39, 0.29) is 11.4 Å². The second-order valence-electron chi connectivity index (χ2n) is 5.71. The minimum absolute atomic E-state index is 0.282. The Morgan fingerprint density at radius 3 is 2.74 bits per heavy atom.